The fourth-order valence-electron chi connectivity index (χ4n) is 2.92. The average Bonchev–Trinajstić information content (AvgIpc) is 2.74. The van der Waals surface area contributed by atoms with Gasteiger partial charge in [-0.25, -0.2) is 14.4 Å². The van der Waals surface area contributed by atoms with E-state index < -0.39 is 5.82 Å². The molecule has 0 amide bonds. The van der Waals surface area contributed by atoms with Crippen molar-refractivity contribution in [3.05, 3.63) is 72.3 Å². The third kappa shape index (κ3) is 2.96. The van der Waals surface area contributed by atoms with Crippen LogP contribution in [0.25, 0.3) is 33.4 Å². The van der Waals surface area contributed by atoms with Crippen LogP contribution in [0, 0.1) is 17.1 Å². The molecule has 2 heterocycles. The van der Waals surface area contributed by atoms with Crippen molar-refractivity contribution in [3.63, 3.8) is 0 Å². The Morgan fingerprint density at radius 2 is 1.81 bits per heavy atom. The molecule has 0 saturated carbocycles. The van der Waals surface area contributed by atoms with E-state index in [0.717, 1.165) is 0 Å². The molecular weight excluding hydrogens is 341 g/mol. The maximum Gasteiger partial charge on any atom is 0.163 e. The molecule has 2 aromatic carbocycles. The molecule has 5 nitrogen and oxygen atoms in total. The maximum absolute atomic E-state index is 15.4. The van der Waals surface area contributed by atoms with Gasteiger partial charge in [0.25, 0.3) is 0 Å². The molecule has 0 saturated heterocycles. The Morgan fingerprint density at radius 3 is 2.48 bits per heavy atom. The van der Waals surface area contributed by atoms with Gasteiger partial charge < -0.3 is 5.32 Å². The topological polar surface area (TPSA) is 74.5 Å². The Kier molecular flexibility index (Phi) is 4.19. The van der Waals surface area contributed by atoms with Crippen LogP contribution < -0.4 is 5.32 Å². The number of anilines is 1. The molecule has 130 valence electrons. The largest absolute Gasteiger partial charge is 0.373 e. The molecule has 0 fully saturated rings. The van der Waals surface area contributed by atoms with Gasteiger partial charge in [-0.15, -0.1) is 0 Å². The molecule has 6 heteroatoms. The van der Waals surface area contributed by atoms with Crippen molar-refractivity contribution in [1.29, 1.82) is 5.26 Å². The summed E-state index contributed by atoms with van der Waals surface area (Å²) in [6.45, 7) is 0. The highest BCUT2D eigenvalue weighted by atomic mass is 19.1. The van der Waals surface area contributed by atoms with Gasteiger partial charge in [0.2, 0.25) is 0 Å². The fourth-order valence-corrected chi connectivity index (χ4v) is 2.92. The van der Waals surface area contributed by atoms with E-state index in [2.05, 4.69) is 26.3 Å². The quantitative estimate of drug-likeness (QED) is 0.589. The van der Waals surface area contributed by atoms with E-state index in [-0.39, 0.29) is 5.52 Å². The molecular formula is C21H14FN5. The predicted octanol–water partition coefficient (Wildman–Crippen LogP) is 4.41. The highest BCUT2D eigenvalue weighted by Gasteiger charge is 2.16. The number of halogens is 1. The second kappa shape index (κ2) is 6.81. The number of nitrogens with one attached hydrogen (secondary N) is 1. The molecule has 0 bridgehead atoms. The average molecular weight is 355 g/mol. The molecule has 0 unspecified atom stereocenters. The zero-order valence-corrected chi connectivity index (χ0v) is 14.4. The van der Waals surface area contributed by atoms with Crippen LogP contribution in [-0.2, 0) is 0 Å². The van der Waals surface area contributed by atoms with E-state index >= 15 is 4.39 Å². The number of pyridine rings is 1. The summed E-state index contributed by atoms with van der Waals surface area (Å²) in [5.41, 5.74) is 2.57. The summed E-state index contributed by atoms with van der Waals surface area (Å²) in [5, 5.41) is 12.5. The van der Waals surface area contributed by atoms with Crippen molar-refractivity contribution in [2.24, 2.45) is 0 Å². The number of nitrogens with zero attached hydrogens (tertiary/aromatic N) is 4. The minimum absolute atomic E-state index is 0.232. The normalized spacial score (nSPS) is 10.6. The van der Waals surface area contributed by atoms with Crippen LogP contribution in [0.4, 0.5) is 10.2 Å². The first-order valence-corrected chi connectivity index (χ1v) is 8.30. The summed E-state index contributed by atoms with van der Waals surface area (Å²) in [5.74, 6) is 0.515. The van der Waals surface area contributed by atoms with Crippen molar-refractivity contribution in [2.45, 2.75) is 0 Å². The van der Waals surface area contributed by atoms with Gasteiger partial charge in [0.05, 0.1) is 11.6 Å². The van der Waals surface area contributed by atoms with Crippen LogP contribution in [0.3, 0.4) is 0 Å². The van der Waals surface area contributed by atoms with Crippen molar-refractivity contribution in [3.8, 4) is 28.6 Å². The van der Waals surface area contributed by atoms with Crippen LogP contribution in [0.5, 0.6) is 0 Å². The first-order valence-electron chi connectivity index (χ1n) is 8.30. The van der Waals surface area contributed by atoms with Crippen molar-refractivity contribution in [2.75, 3.05) is 12.4 Å². The van der Waals surface area contributed by atoms with E-state index in [9.17, 15) is 0 Å². The zero-order chi connectivity index (χ0) is 18.8. The number of hydrogen-bond acceptors (Lipinski definition) is 5. The van der Waals surface area contributed by atoms with Gasteiger partial charge in [0.1, 0.15) is 11.3 Å². The number of hydrogen-bond donors (Lipinski definition) is 1. The number of nitriles is 1. The number of rotatable bonds is 3. The number of aromatic nitrogens is 3. The lowest BCUT2D eigenvalue weighted by atomic mass is 10.0. The SMILES string of the molecule is CNc1nc(-c2cccnc2)nc2c(F)c(-c3ccc(C#N)cc3)ccc12. The van der Waals surface area contributed by atoms with Gasteiger partial charge in [0, 0.05) is 36.0 Å². The summed E-state index contributed by atoms with van der Waals surface area (Å²) in [6.07, 6.45) is 3.30. The molecule has 1 N–H and O–H groups in total. The van der Waals surface area contributed by atoms with Gasteiger partial charge in [-0.3, -0.25) is 4.98 Å². The molecule has 4 aromatic rings. The summed E-state index contributed by atoms with van der Waals surface area (Å²) >= 11 is 0. The Morgan fingerprint density at radius 1 is 1.00 bits per heavy atom. The van der Waals surface area contributed by atoms with Crippen LogP contribution in [-0.4, -0.2) is 22.0 Å². The molecule has 2 aromatic heterocycles. The maximum atomic E-state index is 15.4. The van der Waals surface area contributed by atoms with E-state index in [1.54, 1.807) is 61.9 Å². The van der Waals surface area contributed by atoms with Gasteiger partial charge in [-0.2, -0.15) is 5.26 Å². The minimum atomic E-state index is -0.429. The van der Waals surface area contributed by atoms with Crippen LogP contribution in [0.2, 0.25) is 0 Å². The van der Waals surface area contributed by atoms with Crippen LogP contribution in [0.15, 0.2) is 60.9 Å². The Balaban J connectivity index is 1.94. The Hall–Kier alpha value is -3.85. The van der Waals surface area contributed by atoms with E-state index in [4.69, 9.17) is 5.26 Å². The number of fused-ring (bicyclic) bond motifs is 1. The van der Waals surface area contributed by atoms with Crippen LogP contribution >= 0.6 is 0 Å². The smallest absolute Gasteiger partial charge is 0.163 e. The van der Waals surface area contributed by atoms with E-state index in [0.29, 0.717) is 39.3 Å². The van der Waals surface area contributed by atoms with Gasteiger partial charge >= 0.3 is 0 Å². The zero-order valence-electron chi connectivity index (χ0n) is 14.4. The highest BCUT2D eigenvalue weighted by Crippen LogP contribution is 2.32. The minimum Gasteiger partial charge on any atom is -0.373 e. The summed E-state index contributed by atoms with van der Waals surface area (Å²) in [6, 6.07) is 16.0. The third-order valence-corrected chi connectivity index (χ3v) is 4.29. The lowest BCUT2D eigenvalue weighted by Crippen LogP contribution is -2.01. The molecule has 0 spiro atoms. The van der Waals surface area contributed by atoms with Crippen molar-refractivity contribution in [1.82, 2.24) is 15.0 Å². The highest BCUT2D eigenvalue weighted by molar-refractivity contribution is 5.94. The molecule has 0 aliphatic carbocycles. The second-order valence-electron chi connectivity index (χ2n) is 5.90. The Bertz CT molecular complexity index is 1170. The summed E-state index contributed by atoms with van der Waals surface area (Å²) < 4.78 is 15.4. The molecule has 0 aliphatic heterocycles. The lowest BCUT2D eigenvalue weighted by Gasteiger charge is -2.11. The third-order valence-electron chi connectivity index (χ3n) is 4.29. The fraction of sp³-hybridized carbons (Fsp3) is 0.0476. The Labute approximate surface area is 155 Å². The van der Waals surface area contributed by atoms with Crippen LogP contribution in [0.1, 0.15) is 5.56 Å². The molecule has 0 radical (unpaired) electrons. The first kappa shape index (κ1) is 16.6. The van der Waals surface area contributed by atoms with Gasteiger partial charge in [-0.1, -0.05) is 18.2 Å². The second-order valence-corrected chi connectivity index (χ2v) is 5.90. The number of benzene rings is 2. The predicted molar refractivity (Wildman–Crippen MR) is 102 cm³/mol. The first-order chi connectivity index (χ1) is 13.2. The van der Waals surface area contributed by atoms with Crippen molar-refractivity contribution >= 4 is 16.7 Å². The van der Waals surface area contributed by atoms with E-state index in [1.165, 1.54) is 0 Å². The monoisotopic (exact) mass is 355 g/mol. The summed E-state index contributed by atoms with van der Waals surface area (Å²) in [4.78, 5) is 13.0. The van der Waals surface area contributed by atoms with Gasteiger partial charge in [0.15, 0.2) is 11.6 Å². The lowest BCUT2D eigenvalue weighted by molar-refractivity contribution is 0.640. The molecule has 4 rings (SSSR count). The van der Waals surface area contributed by atoms with Gasteiger partial charge in [-0.05, 0) is 35.9 Å². The molecule has 0 aliphatic rings. The standard InChI is InChI=1S/C21H14FN5/c1-24-21-17-9-8-16(14-6-4-13(11-23)5-7-14)18(22)19(17)26-20(27-21)15-3-2-10-25-12-15/h2-10,12H,1H3,(H,24,26,27). The summed E-state index contributed by atoms with van der Waals surface area (Å²) in [7, 11) is 1.74. The van der Waals surface area contributed by atoms with E-state index in [1.807, 2.05) is 6.07 Å². The molecule has 27 heavy (non-hydrogen) atoms. The van der Waals surface area contributed by atoms with Crippen molar-refractivity contribution < 1.29 is 4.39 Å². The molecule has 0 atom stereocenters.